The summed E-state index contributed by atoms with van der Waals surface area (Å²) < 4.78 is 18.7. The van der Waals surface area contributed by atoms with Gasteiger partial charge in [-0.15, -0.1) is 0 Å². The fourth-order valence-electron chi connectivity index (χ4n) is 4.18. The molecule has 188 valence electrons. The number of para-hydroxylation sites is 2. The number of aromatic nitrogens is 2. The third-order valence-corrected chi connectivity index (χ3v) is 6.13. The maximum Gasteiger partial charge on any atom is 0.251 e. The normalized spacial score (nSPS) is 11.8. The van der Waals surface area contributed by atoms with Crippen LogP contribution in [0, 0.1) is 6.92 Å². The van der Waals surface area contributed by atoms with Crippen molar-refractivity contribution in [1.82, 2.24) is 14.9 Å². The van der Waals surface area contributed by atoms with Crippen molar-refractivity contribution in [2.24, 2.45) is 0 Å². The van der Waals surface area contributed by atoms with Crippen LogP contribution >= 0.6 is 0 Å². The van der Waals surface area contributed by atoms with E-state index in [2.05, 4.69) is 35.0 Å². The number of unbranched alkanes of at least 4 members (excludes halogenated alkanes) is 1. The molecule has 0 spiro atoms. The number of carbonyl (C=O) groups is 1. The molecule has 7 heteroatoms. The summed E-state index contributed by atoms with van der Waals surface area (Å²) in [5, 5.41) is 3.09. The van der Waals surface area contributed by atoms with Crippen LogP contribution in [0.3, 0.4) is 0 Å². The molecule has 0 bridgehead atoms. The first-order chi connectivity index (χ1) is 17.5. The van der Waals surface area contributed by atoms with Gasteiger partial charge in [0, 0.05) is 12.1 Å². The molecule has 0 aliphatic carbocycles. The molecular formula is C29H33N3O4. The summed E-state index contributed by atoms with van der Waals surface area (Å²) in [6.45, 7) is 5.45. The number of imidazole rings is 1. The minimum Gasteiger partial charge on any atom is -0.494 e. The third kappa shape index (κ3) is 5.79. The third-order valence-electron chi connectivity index (χ3n) is 6.13. The molecular weight excluding hydrogens is 454 g/mol. The molecule has 0 radical (unpaired) electrons. The summed E-state index contributed by atoms with van der Waals surface area (Å²) in [4.78, 5) is 17.9. The van der Waals surface area contributed by atoms with Crippen molar-refractivity contribution < 1.29 is 19.0 Å². The summed E-state index contributed by atoms with van der Waals surface area (Å²) in [5.74, 6) is 2.60. The van der Waals surface area contributed by atoms with E-state index >= 15 is 0 Å². The number of nitrogens with zero attached hydrogens (tertiary/aromatic N) is 2. The number of hydrogen-bond donors (Lipinski definition) is 1. The zero-order valence-electron chi connectivity index (χ0n) is 21.3. The molecule has 3 aromatic carbocycles. The largest absolute Gasteiger partial charge is 0.494 e. The van der Waals surface area contributed by atoms with Crippen LogP contribution in [0.2, 0.25) is 0 Å². The monoisotopic (exact) mass is 487 g/mol. The van der Waals surface area contributed by atoms with Gasteiger partial charge >= 0.3 is 0 Å². The number of amides is 1. The van der Waals surface area contributed by atoms with Gasteiger partial charge in [-0.3, -0.25) is 4.79 Å². The first-order valence-electron chi connectivity index (χ1n) is 12.2. The van der Waals surface area contributed by atoms with Crippen LogP contribution in [-0.2, 0) is 6.54 Å². The first-order valence-corrected chi connectivity index (χ1v) is 12.2. The molecule has 1 N–H and O–H groups in total. The van der Waals surface area contributed by atoms with E-state index in [1.54, 1.807) is 32.4 Å². The average Bonchev–Trinajstić information content (AvgIpc) is 3.27. The lowest BCUT2D eigenvalue weighted by atomic mass is 10.1. The van der Waals surface area contributed by atoms with Gasteiger partial charge in [-0.1, -0.05) is 29.8 Å². The van der Waals surface area contributed by atoms with Gasteiger partial charge in [-0.2, -0.15) is 0 Å². The Balaban J connectivity index is 1.43. The van der Waals surface area contributed by atoms with Crippen LogP contribution in [-0.4, -0.2) is 36.3 Å². The van der Waals surface area contributed by atoms with E-state index in [4.69, 9.17) is 19.2 Å². The van der Waals surface area contributed by atoms with Crippen LogP contribution in [0.5, 0.6) is 17.2 Å². The SMILES string of the molecule is COc1ccc(C(=O)NC(C)c2nc3ccccc3n2CCCCOc2ccc(C)cc2)cc1OC. The lowest BCUT2D eigenvalue weighted by Crippen LogP contribution is -2.28. The fourth-order valence-corrected chi connectivity index (χ4v) is 4.18. The second-order valence-electron chi connectivity index (χ2n) is 8.74. The predicted octanol–water partition coefficient (Wildman–Crippen LogP) is 5.71. The van der Waals surface area contributed by atoms with E-state index in [-0.39, 0.29) is 11.9 Å². The van der Waals surface area contributed by atoms with Crippen LogP contribution in [0.25, 0.3) is 11.0 Å². The Bertz CT molecular complexity index is 1310. The van der Waals surface area contributed by atoms with Crippen LogP contribution in [0.4, 0.5) is 0 Å². The highest BCUT2D eigenvalue weighted by atomic mass is 16.5. The first kappa shape index (κ1) is 25.1. The quantitative estimate of drug-likeness (QED) is 0.274. The van der Waals surface area contributed by atoms with Crippen LogP contribution in [0.15, 0.2) is 66.7 Å². The van der Waals surface area contributed by atoms with Crippen molar-refractivity contribution in [3.05, 3.63) is 83.7 Å². The van der Waals surface area contributed by atoms with Crippen molar-refractivity contribution in [2.75, 3.05) is 20.8 Å². The number of hydrogen-bond acceptors (Lipinski definition) is 5. The lowest BCUT2D eigenvalue weighted by molar-refractivity contribution is 0.0937. The summed E-state index contributed by atoms with van der Waals surface area (Å²) in [7, 11) is 3.12. The van der Waals surface area contributed by atoms with Crippen LogP contribution in [0.1, 0.15) is 47.6 Å². The molecule has 0 aliphatic rings. The Kier molecular flexibility index (Phi) is 8.10. The molecule has 0 saturated heterocycles. The van der Waals surface area contributed by atoms with E-state index in [9.17, 15) is 4.79 Å². The summed E-state index contributed by atoms with van der Waals surface area (Å²) in [6, 6.07) is 21.0. The van der Waals surface area contributed by atoms with Crippen molar-refractivity contribution in [3.63, 3.8) is 0 Å². The number of rotatable bonds is 11. The Morgan fingerprint density at radius 2 is 1.72 bits per heavy atom. The lowest BCUT2D eigenvalue weighted by Gasteiger charge is -2.17. The van der Waals surface area contributed by atoms with E-state index in [1.165, 1.54) is 5.56 Å². The van der Waals surface area contributed by atoms with E-state index < -0.39 is 0 Å². The Morgan fingerprint density at radius 3 is 2.47 bits per heavy atom. The summed E-state index contributed by atoms with van der Waals surface area (Å²) >= 11 is 0. The number of aryl methyl sites for hydroxylation is 2. The Hall–Kier alpha value is -4.00. The Morgan fingerprint density at radius 1 is 0.972 bits per heavy atom. The van der Waals surface area contributed by atoms with Crippen molar-refractivity contribution >= 4 is 16.9 Å². The standard InChI is InChI=1S/C29H33N3O4/c1-20-11-14-23(15-12-20)36-18-8-7-17-32-25-10-6-5-9-24(25)31-28(32)21(2)30-29(33)22-13-16-26(34-3)27(19-22)35-4/h5-6,9-16,19,21H,7-8,17-18H2,1-4H3,(H,30,33). The number of nitrogens with one attached hydrogen (secondary N) is 1. The van der Waals surface area contributed by atoms with Gasteiger partial charge in [0.25, 0.3) is 5.91 Å². The highest BCUT2D eigenvalue weighted by molar-refractivity contribution is 5.95. The molecule has 7 nitrogen and oxygen atoms in total. The van der Waals surface area contributed by atoms with Gasteiger partial charge in [-0.05, 0) is 69.2 Å². The predicted molar refractivity (Wildman–Crippen MR) is 141 cm³/mol. The van der Waals surface area contributed by atoms with Gasteiger partial charge < -0.3 is 24.1 Å². The summed E-state index contributed by atoms with van der Waals surface area (Å²) in [5.41, 5.74) is 3.68. The minimum absolute atomic E-state index is 0.200. The van der Waals surface area contributed by atoms with Crippen molar-refractivity contribution in [3.8, 4) is 17.2 Å². The molecule has 0 fully saturated rings. The van der Waals surface area contributed by atoms with Gasteiger partial charge in [0.15, 0.2) is 11.5 Å². The average molecular weight is 488 g/mol. The van der Waals surface area contributed by atoms with E-state index in [0.717, 1.165) is 42.0 Å². The molecule has 1 aromatic heterocycles. The minimum atomic E-state index is -0.290. The molecule has 36 heavy (non-hydrogen) atoms. The van der Waals surface area contributed by atoms with Crippen LogP contribution < -0.4 is 19.5 Å². The molecule has 1 heterocycles. The molecule has 1 unspecified atom stereocenters. The molecule has 4 rings (SSSR count). The van der Waals surface area contributed by atoms with Gasteiger partial charge in [0.2, 0.25) is 0 Å². The number of carbonyl (C=O) groups excluding carboxylic acids is 1. The smallest absolute Gasteiger partial charge is 0.251 e. The van der Waals surface area contributed by atoms with E-state index in [1.807, 2.05) is 37.3 Å². The van der Waals surface area contributed by atoms with Crippen molar-refractivity contribution in [1.29, 1.82) is 0 Å². The molecule has 4 aromatic rings. The highest BCUT2D eigenvalue weighted by Crippen LogP contribution is 2.28. The second-order valence-corrected chi connectivity index (χ2v) is 8.74. The number of ether oxygens (including phenoxy) is 3. The van der Waals surface area contributed by atoms with E-state index in [0.29, 0.717) is 23.7 Å². The second kappa shape index (κ2) is 11.6. The zero-order valence-corrected chi connectivity index (χ0v) is 21.3. The molecule has 1 amide bonds. The maximum absolute atomic E-state index is 13.0. The number of methoxy groups -OCH3 is 2. The van der Waals surface area contributed by atoms with Gasteiger partial charge in [0.05, 0.1) is 37.9 Å². The van der Waals surface area contributed by atoms with Gasteiger partial charge in [0.1, 0.15) is 11.6 Å². The molecule has 0 aliphatic heterocycles. The number of fused-ring (bicyclic) bond motifs is 1. The molecule has 1 atom stereocenters. The Labute approximate surface area is 212 Å². The number of benzene rings is 3. The highest BCUT2D eigenvalue weighted by Gasteiger charge is 2.20. The topological polar surface area (TPSA) is 74.6 Å². The fraction of sp³-hybridized carbons (Fsp3) is 0.310. The van der Waals surface area contributed by atoms with Crippen molar-refractivity contribution in [2.45, 2.75) is 39.3 Å². The maximum atomic E-state index is 13.0. The molecule has 0 saturated carbocycles. The summed E-state index contributed by atoms with van der Waals surface area (Å²) in [6.07, 6.45) is 1.84. The zero-order chi connectivity index (χ0) is 25.5. The van der Waals surface area contributed by atoms with Gasteiger partial charge in [-0.25, -0.2) is 4.98 Å².